The van der Waals surface area contributed by atoms with E-state index in [4.69, 9.17) is 0 Å². The Morgan fingerprint density at radius 2 is 1.84 bits per heavy atom. The fourth-order valence-electron chi connectivity index (χ4n) is 5.92. The van der Waals surface area contributed by atoms with Crippen LogP contribution in [0.5, 0.6) is 0 Å². The molecule has 224 valence electrons. The molecule has 2 heterocycles. The summed E-state index contributed by atoms with van der Waals surface area (Å²) in [6, 6.07) is 9.34. The molecule has 1 aromatic heterocycles. The van der Waals surface area contributed by atoms with Crippen molar-refractivity contribution in [2.45, 2.75) is 62.6 Å². The van der Waals surface area contributed by atoms with Crippen molar-refractivity contribution >= 4 is 35.3 Å². The zero-order valence-electron chi connectivity index (χ0n) is 23.7. The van der Waals surface area contributed by atoms with Crippen LogP contribution < -0.4 is 9.80 Å². The van der Waals surface area contributed by atoms with Gasteiger partial charge in [-0.05, 0) is 48.6 Å². The van der Waals surface area contributed by atoms with Crippen LogP contribution in [0.25, 0.3) is 6.08 Å². The quantitative estimate of drug-likeness (QED) is 0.342. The van der Waals surface area contributed by atoms with Gasteiger partial charge < -0.3 is 4.90 Å². The second kappa shape index (κ2) is 12.4. The zero-order chi connectivity index (χ0) is 30.7. The van der Waals surface area contributed by atoms with Crippen molar-refractivity contribution in [3.63, 3.8) is 0 Å². The number of hydrogen-bond donors (Lipinski definition) is 0. The summed E-state index contributed by atoms with van der Waals surface area (Å²) in [5.41, 5.74) is 1.08. The third-order valence-corrected chi connectivity index (χ3v) is 8.20. The van der Waals surface area contributed by atoms with E-state index in [2.05, 4.69) is 16.5 Å². The maximum Gasteiger partial charge on any atom is 0.251 e. The molecule has 0 spiro atoms. The van der Waals surface area contributed by atoms with Gasteiger partial charge in [0.25, 0.3) is 5.91 Å². The minimum absolute atomic E-state index is 0.0576. The van der Waals surface area contributed by atoms with Gasteiger partial charge in [0, 0.05) is 50.4 Å². The molecule has 1 saturated carbocycles. The first-order valence-corrected chi connectivity index (χ1v) is 14.1. The summed E-state index contributed by atoms with van der Waals surface area (Å²) in [7, 11) is 1.54. The zero-order valence-corrected chi connectivity index (χ0v) is 23.7. The van der Waals surface area contributed by atoms with Crippen molar-refractivity contribution in [2.24, 2.45) is 0 Å². The second-order valence-electron chi connectivity index (χ2n) is 10.8. The van der Waals surface area contributed by atoms with Crippen molar-refractivity contribution in [1.82, 2.24) is 14.9 Å². The fourth-order valence-corrected chi connectivity index (χ4v) is 5.92. The number of likely N-dealkylation sites (N-methyl/N-ethyl adjacent to an activating group) is 1. The molecule has 1 aliphatic carbocycles. The van der Waals surface area contributed by atoms with Gasteiger partial charge in [-0.2, -0.15) is 0 Å². The summed E-state index contributed by atoms with van der Waals surface area (Å²) in [4.78, 5) is 54.3. The molecule has 3 amide bonds. The van der Waals surface area contributed by atoms with E-state index in [0.29, 0.717) is 11.1 Å². The topological polar surface area (TPSA) is 86.7 Å². The monoisotopic (exact) mass is 591 g/mol. The van der Waals surface area contributed by atoms with E-state index in [-0.39, 0.29) is 55.9 Å². The molecule has 0 unspecified atom stereocenters. The van der Waals surface area contributed by atoms with Crippen molar-refractivity contribution in [3.05, 3.63) is 90.6 Å². The second-order valence-corrected chi connectivity index (χ2v) is 10.8. The van der Waals surface area contributed by atoms with Gasteiger partial charge in [-0.15, -0.1) is 0 Å². The van der Waals surface area contributed by atoms with Crippen molar-refractivity contribution in [2.75, 3.05) is 16.8 Å². The first-order chi connectivity index (χ1) is 20.6. The maximum absolute atomic E-state index is 14.7. The molecular formula is C32H32F3N5O3. The number of benzene rings is 2. The molecule has 1 aliphatic heterocycles. The Morgan fingerprint density at radius 1 is 1.09 bits per heavy atom. The average molecular weight is 592 g/mol. The van der Waals surface area contributed by atoms with Crippen molar-refractivity contribution in [3.8, 4) is 0 Å². The Morgan fingerprint density at radius 3 is 2.51 bits per heavy atom. The van der Waals surface area contributed by atoms with E-state index >= 15 is 0 Å². The number of alkyl halides is 2. The van der Waals surface area contributed by atoms with Crippen LogP contribution in [0, 0.1) is 5.82 Å². The molecule has 0 bridgehead atoms. The number of carbonyl (C=O) groups excluding carboxylic acids is 3. The lowest BCUT2D eigenvalue weighted by Crippen LogP contribution is -2.53. The molecule has 5 rings (SSSR count). The molecule has 8 nitrogen and oxygen atoms in total. The highest BCUT2D eigenvalue weighted by molar-refractivity contribution is 6.10. The molecule has 11 heteroatoms. The number of hydrogen-bond acceptors (Lipinski definition) is 5. The Bertz CT molecular complexity index is 1510. The molecule has 43 heavy (non-hydrogen) atoms. The van der Waals surface area contributed by atoms with Crippen LogP contribution in [0.3, 0.4) is 0 Å². The molecule has 2 aromatic carbocycles. The first kappa shape index (κ1) is 29.9. The Labute approximate surface area is 247 Å². The number of aromatic nitrogens is 2. The maximum atomic E-state index is 14.7. The number of halogens is 3. The fraction of sp³-hybridized carbons (Fsp3) is 0.344. The molecule has 2 fully saturated rings. The van der Waals surface area contributed by atoms with Crippen LogP contribution >= 0.6 is 0 Å². The lowest BCUT2D eigenvalue weighted by molar-refractivity contribution is -0.138. The van der Waals surface area contributed by atoms with Gasteiger partial charge in [0.15, 0.2) is 5.82 Å². The minimum atomic E-state index is -2.79. The van der Waals surface area contributed by atoms with Crippen molar-refractivity contribution < 1.29 is 27.6 Å². The summed E-state index contributed by atoms with van der Waals surface area (Å²) in [6.07, 6.45) is 5.45. The summed E-state index contributed by atoms with van der Waals surface area (Å²) in [5, 5.41) is 0. The highest BCUT2D eigenvalue weighted by Gasteiger charge is 2.46. The van der Waals surface area contributed by atoms with Gasteiger partial charge >= 0.3 is 0 Å². The number of anilines is 2. The van der Waals surface area contributed by atoms with Gasteiger partial charge in [-0.1, -0.05) is 43.0 Å². The number of carbonyl (C=O) groups is 3. The third kappa shape index (κ3) is 6.16. The summed E-state index contributed by atoms with van der Waals surface area (Å²) >= 11 is 0. The smallest absolute Gasteiger partial charge is 0.251 e. The van der Waals surface area contributed by atoms with E-state index in [1.807, 2.05) is 0 Å². The summed E-state index contributed by atoms with van der Waals surface area (Å²) in [5.74, 6) is -4.74. The van der Waals surface area contributed by atoms with Gasteiger partial charge in [0.05, 0.1) is 6.20 Å². The van der Waals surface area contributed by atoms with Crippen LogP contribution in [0.4, 0.5) is 24.7 Å². The highest BCUT2D eigenvalue weighted by atomic mass is 19.3. The van der Waals surface area contributed by atoms with E-state index in [1.165, 1.54) is 51.5 Å². The molecule has 0 radical (unpaired) electrons. The van der Waals surface area contributed by atoms with Gasteiger partial charge in [-0.25, -0.2) is 18.2 Å². The number of nitrogens with zero attached hydrogens (tertiary/aromatic N) is 5. The lowest BCUT2D eigenvalue weighted by Gasteiger charge is -2.40. The highest BCUT2D eigenvalue weighted by Crippen LogP contribution is 2.39. The third-order valence-electron chi connectivity index (χ3n) is 8.20. The predicted molar refractivity (Wildman–Crippen MR) is 156 cm³/mol. The van der Waals surface area contributed by atoms with Gasteiger partial charge in [0.1, 0.15) is 17.9 Å². The van der Waals surface area contributed by atoms with E-state index in [9.17, 15) is 27.6 Å². The van der Waals surface area contributed by atoms with E-state index in [0.717, 1.165) is 6.07 Å². The van der Waals surface area contributed by atoms with Crippen LogP contribution in [-0.2, 0) is 14.4 Å². The number of rotatable bonds is 8. The molecular weight excluding hydrogens is 559 g/mol. The molecule has 0 N–H and O–H groups in total. The Kier molecular flexibility index (Phi) is 8.61. The predicted octanol–water partition coefficient (Wildman–Crippen LogP) is 5.56. The van der Waals surface area contributed by atoms with Crippen molar-refractivity contribution in [1.29, 1.82) is 0 Å². The molecule has 2 aliphatic rings. The van der Waals surface area contributed by atoms with Gasteiger partial charge in [-0.3, -0.25) is 29.2 Å². The Balaban J connectivity index is 1.63. The summed E-state index contributed by atoms with van der Waals surface area (Å²) in [6.45, 7) is 3.87. The standard InChI is InChI=1S/C32H32F3N5O3/c1-3-21-7-4-5-10-25(21)29(31(43)38(2)23-13-15-32(34,35)16-14-23)39(24-9-6-8-22(33)19-24)30(42)26-11-12-28(41)40(26)27-20-36-17-18-37-27/h3-10,17-20,23,26,29H,1,11-16H2,2H3/t26-,29-/m0/s1. The van der Waals surface area contributed by atoms with Crippen LogP contribution in [-0.4, -0.2) is 57.6 Å². The Hall–Kier alpha value is -4.54. The normalized spacial score (nSPS) is 19.1. The largest absolute Gasteiger partial charge is 0.341 e. The summed E-state index contributed by atoms with van der Waals surface area (Å²) < 4.78 is 42.7. The van der Waals surface area contributed by atoms with Crippen LogP contribution in [0.1, 0.15) is 55.7 Å². The average Bonchev–Trinajstić information content (AvgIpc) is 3.40. The van der Waals surface area contributed by atoms with Crippen LogP contribution in [0.15, 0.2) is 73.7 Å². The van der Waals surface area contributed by atoms with Gasteiger partial charge in [0.2, 0.25) is 17.7 Å². The SMILES string of the molecule is C=Cc1ccccc1[C@@H](C(=O)N(C)C1CCC(F)(F)CC1)N(C(=O)[C@@H]1CCC(=O)N1c1cnccn1)c1cccc(F)c1. The van der Waals surface area contributed by atoms with E-state index in [1.54, 1.807) is 37.4 Å². The van der Waals surface area contributed by atoms with Crippen LogP contribution in [0.2, 0.25) is 0 Å². The number of amides is 3. The molecule has 1 saturated heterocycles. The molecule has 2 atom stereocenters. The first-order valence-electron chi connectivity index (χ1n) is 14.1. The minimum Gasteiger partial charge on any atom is -0.341 e. The molecule has 3 aromatic rings. The lowest BCUT2D eigenvalue weighted by atomic mass is 9.90. The van der Waals surface area contributed by atoms with E-state index < -0.39 is 41.7 Å².